The molecule has 0 bridgehead atoms. The van der Waals surface area contributed by atoms with E-state index in [-0.39, 0.29) is 0 Å². The largest absolute Gasteiger partial charge is 0.382 e. The van der Waals surface area contributed by atoms with Crippen LogP contribution >= 0.6 is 0 Å². The number of nitrogen functional groups attached to an aromatic ring is 1. The van der Waals surface area contributed by atoms with E-state index in [0.717, 1.165) is 53.7 Å². The summed E-state index contributed by atoms with van der Waals surface area (Å²) in [5.41, 5.74) is 9.69. The third-order valence-electron chi connectivity index (χ3n) is 3.84. The second-order valence-corrected chi connectivity index (χ2v) is 6.20. The van der Waals surface area contributed by atoms with E-state index < -0.39 is 0 Å². The average molecular weight is 297 g/mol. The highest BCUT2D eigenvalue weighted by Crippen LogP contribution is 2.28. The molecule has 3 aromatic heterocycles. The Bertz CT molecular complexity index is 804. The van der Waals surface area contributed by atoms with Gasteiger partial charge in [-0.05, 0) is 24.5 Å². The quantitative estimate of drug-likeness (QED) is 0.781. The van der Waals surface area contributed by atoms with Gasteiger partial charge in [0.25, 0.3) is 0 Å². The lowest BCUT2D eigenvalue weighted by Gasteiger charge is -2.12. The van der Waals surface area contributed by atoms with Crippen molar-refractivity contribution in [1.29, 1.82) is 0 Å². The highest BCUT2D eigenvalue weighted by molar-refractivity contribution is 6.04. The number of nitrogens with zero attached hydrogens (tertiary/aromatic N) is 4. The molecule has 0 atom stereocenters. The molecule has 0 unspecified atom stereocenters. The minimum Gasteiger partial charge on any atom is -0.382 e. The van der Waals surface area contributed by atoms with Crippen molar-refractivity contribution in [2.75, 3.05) is 5.73 Å². The van der Waals surface area contributed by atoms with Crippen LogP contribution in [0.15, 0.2) is 18.3 Å². The number of hydrogen-bond acceptors (Lipinski definition) is 4. The number of anilines is 1. The predicted octanol–water partition coefficient (Wildman–Crippen LogP) is 3.56. The zero-order chi connectivity index (χ0) is 15.7. The number of aromatic nitrogens is 4. The Morgan fingerprint density at radius 2 is 2.05 bits per heavy atom. The van der Waals surface area contributed by atoms with Crippen LogP contribution in [0.1, 0.15) is 39.4 Å². The van der Waals surface area contributed by atoms with Gasteiger partial charge in [0.2, 0.25) is 0 Å². The first-order chi connectivity index (χ1) is 10.6. The van der Waals surface area contributed by atoms with Crippen molar-refractivity contribution in [3.8, 4) is 0 Å². The first-order valence-corrected chi connectivity index (χ1v) is 8.01. The molecular formula is C17H23N5. The van der Waals surface area contributed by atoms with Gasteiger partial charge in [-0.25, -0.2) is 9.97 Å². The molecule has 0 saturated heterocycles. The van der Waals surface area contributed by atoms with Crippen LogP contribution in [0.25, 0.3) is 22.1 Å². The molecule has 116 valence electrons. The molecule has 0 aliphatic carbocycles. The predicted molar refractivity (Wildman–Crippen MR) is 90.7 cm³/mol. The number of rotatable bonds is 5. The molecule has 0 spiro atoms. The molecule has 0 saturated carbocycles. The maximum absolute atomic E-state index is 6.15. The lowest BCUT2D eigenvalue weighted by Crippen LogP contribution is -2.09. The minimum absolute atomic E-state index is 0.496. The fourth-order valence-corrected chi connectivity index (χ4v) is 2.86. The standard InChI is InChI=1S/C17H23N5/c1-4-5-8-13-21-15-16(22(13)10-11(2)3)14-12(20-17(15)18)7-6-9-19-14/h6-7,9,11H,4-5,8,10H2,1-3H3,(H2,18,20). The molecule has 0 amide bonds. The third-order valence-corrected chi connectivity index (χ3v) is 3.84. The summed E-state index contributed by atoms with van der Waals surface area (Å²) in [6, 6.07) is 3.85. The zero-order valence-corrected chi connectivity index (χ0v) is 13.5. The minimum atomic E-state index is 0.496. The number of fused-ring (bicyclic) bond motifs is 3. The highest BCUT2D eigenvalue weighted by Gasteiger charge is 2.18. The van der Waals surface area contributed by atoms with Crippen molar-refractivity contribution < 1.29 is 0 Å². The maximum Gasteiger partial charge on any atom is 0.152 e. The maximum atomic E-state index is 6.15. The summed E-state index contributed by atoms with van der Waals surface area (Å²) in [4.78, 5) is 13.8. The van der Waals surface area contributed by atoms with Crippen molar-refractivity contribution in [3.63, 3.8) is 0 Å². The molecule has 0 fully saturated rings. The van der Waals surface area contributed by atoms with Crippen LogP contribution in [0.5, 0.6) is 0 Å². The van der Waals surface area contributed by atoms with E-state index in [1.54, 1.807) is 6.20 Å². The van der Waals surface area contributed by atoms with E-state index in [2.05, 4.69) is 35.3 Å². The van der Waals surface area contributed by atoms with Gasteiger partial charge in [0.05, 0.1) is 5.52 Å². The number of aryl methyl sites for hydroxylation is 1. The van der Waals surface area contributed by atoms with E-state index in [0.29, 0.717) is 11.7 Å². The van der Waals surface area contributed by atoms with Gasteiger partial charge in [-0.1, -0.05) is 27.2 Å². The Kier molecular flexibility index (Phi) is 3.96. The monoisotopic (exact) mass is 297 g/mol. The van der Waals surface area contributed by atoms with Gasteiger partial charge in [-0.15, -0.1) is 0 Å². The Labute approximate surface area is 130 Å². The van der Waals surface area contributed by atoms with Crippen molar-refractivity contribution in [2.24, 2.45) is 5.92 Å². The zero-order valence-electron chi connectivity index (χ0n) is 13.5. The molecule has 5 heteroatoms. The lowest BCUT2D eigenvalue weighted by atomic mass is 10.2. The van der Waals surface area contributed by atoms with Gasteiger partial charge in [-0.3, -0.25) is 4.98 Å². The van der Waals surface area contributed by atoms with Crippen LogP contribution in [0.4, 0.5) is 5.82 Å². The molecule has 3 heterocycles. The van der Waals surface area contributed by atoms with Crippen LogP contribution in [-0.2, 0) is 13.0 Å². The molecule has 0 aliphatic rings. The van der Waals surface area contributed by atoms with Crippen molar-refractivity contribution in [1.82, 2.24) is 19.5 Å². The Hall–Kier alpha value is -2.17. The first-order valence-electron chi connectivity index (χ1n) is 8.01. The molecule has 5 nitrogen and oxygen atoms in total. The summed E-state index contributed by atoms with van der Waals surface area (Å²) in [7, 11) is 0. The van der Waals surface area contributed by atoms with Crippen LogP contribution in [0, 0.1) is 5.92 Å². The molecule has 0 aromatic carbocycles. The van der Waals surface area contributed by atoms with Gasteiger partial charge in [0.1, 0.15) is 22.4 Å². The first kappa shape index (κ1) is 14.8. The van der Waals surface area contributed by atoms with Crippen LogP contribution in [0.2, 0.25) is 0 Å². The van der Waals surface area contributed by atoms with Gasteiger partial charge < -0.3 is 10.3 Å². The number of nitrogens with two attached hydrogens (primary N) is 1. The molecule has 3 rings (SSSR count). The topological polar surface area (TPSA) is 69.6 Å². The number of hydrogen-bond donors (Lipinski definition) is 1. The second-order valence-electron chi connectivity index (χ2n) is 6.20. The Morgan fingerprint density at radius 3 is 2.77 bits per heavy atom. The van der Waals surface area contributed by atoms with E-state index in [1.165, 1.54) is 0 Å². The summed E-state index contributed by atoms with van der Waals surface area (Å²) >= 11 is 0. The average Bonchev–Trinajstić information content (AvgIpc) is 2.84. The van der Waals surface area contributed by atoms with E-state index in [9.17, 15) is 0 Å². The van der Waals surface area contributed by atoms with Gasteiger partial charge in [-0.2, -0.15) is 0 Å². The molecule has 0 radical (unpaired) electrons. The number of pyridine rings is 2. The summed E-state index contributed by atoms with van der Waals surface area (Å²) in [6.07, 6.45) is 5.04. The van der Waals surface area contributed by atoms with Gasteiger partial charge >= 0.3 is 0 Å². The van der Waals surface area contributed by atoms with Gasteiger partial charge in [0, 0.05) is 19.2 Å². The summed E-state index contributed by atoms with van der Waals surface area (Å²) in [6.45, 7) is 7.55. The fourth-order valence-electron chi connectivity index (χ4n) is 2.86. The summed E-state index contributed by atoms with van der Waals surface area (Å²) in [5, 5.41) is 0. The van der Waals surface area contributed by atoms with Crippen LogP contribution < -0.4 is 5.73 Å². The van der Waals surface area contributed by atoms with Crippen molar-refractivity contribution >= 4 is 27.9 Å². The number of unbranched alkanes of at least 4 members (excludes halogenated alkanes) is 1. The van der Waals surface area contributed by atoms with E-state index >= 15 is 0 Å². The molecule has 22 heavy (non-hydrogen) atoms. The lowest BCUT2D eigenvalue weighted by molar-refractivity contribution is 0.513. The van der Waals surface area contributed by atoms with E-state index in [1.807, 2.05) is 12.1 Å². The molecule has 3 aromatic rings. The number of imidazole rings is 1. The Morgan fingerprint density at radius 1 is 1.23 bits per heavy atom. The fraction of sp³-hybridized carbons (Fsp3) is 0.471. The van der Waals surface area contributed by atoms with Crippen LogP contribution in [-0.4, -0.2) is 19.5 Å². The van der Waals surface area contributed by atoms with Crippen LogP contribution in [0.3, 0.4) is 0 Å². The molecular weight excluding hydrogens is 274 g/mol. The molecule has 2 N–H and O–H groups in total. The summed E-state index contributed by atoms with van der Waals surface area (Å²) in [5.74, 6) is 2.12. The van der Waals surface area contributed by atoms with Crippen molar-refractivity contribution in [3.05, 3.63) is 24.2 Å². The smallest absolute Gasteiger partial charge is 0.152 e. The van der Waals surface area contributed by atoms with Gasteiger partial charge in [0.15, 0.2) is 5.82 Å². The third kappa shape index (κ3) is 2.51. The SMILES string of the molecule is CCCCc1nc2c(N)nc3cccnc3c2n1CC(C)C. The molecule has 0 aliphatic heterocycles. The summed E-state index contributed by atoms with van der Waals surface area (Å²) < 4.78 is 2.29. The Balaban J connectivity index is 2.32. The van der Waals surface area contributed by atoms with E-state index in [4.69, 9.17) is 10.7 Å². The second kappa shape index (κ2) is 5.91. The highest BCUT2D eigenvalue weighted by atomic mass is 15.1. The van der Waals surface area contributed by atoms with Crippen molar-refractivity contribution in [2.45, 2.75) is 46.6 Å². The normalized spacial score (nSPS) is 11.8.